The molecule has 7 nitrogen and oxygen atoms in total. The van der Waals surface area contributed by atoms with Crippen LogP contribution in [0.1, 0.15) is 28.7 Å². The number of furan rings is 1. The first kappa shape index (κ1) is 23.3. The molecule has 0 N–H and O–H groups in total. The van der Waals surface area contributed by atoms with Crippen molar-refractivity contribution in [3.05, 3.63) is 95.8 Å². The van der Waals surface area contributed by atoms with Crippen molar-refractivity contribution in [2.45, 2.75) is 19.9 Å². The van der Waals surface area contributed by atoms with Crippen molar-refractivity contribution in [2.24, 2.45) is 0 Å². The summed E-state index contributed by atoms with van der Waals surface area (Å²) in [7, 11) is 1.59. The van der Waals surface area contributed by atoms with E-state index in [0.29, 0.717) is 31.2 Å². The monoisotopic (exact) mass is 463 g/mol. The highest BCUT2D eigenvalue weighted by atomic mass is 19.1. The number of methoxy groups -OCH3 is 1. The zero-order valence-electron chi connectivity index (χ0n) is 19.1. The maximum atomic E-state index is 13.5. The number of carbonyl (C=O) groups excluding carboxylic acids is 1. The molecule has 0 atom stereocenters. The van der Waals surface area contributed by atoms with E-state index in [9.17, 15) is 9.18 Å². The predicted octanol–water partition coefficient (Wildman–Crippen LogP) is 5.25. The summed E-state index contributed by atoms with van der Waals surface area (Å²) in [5, 5.41) is 4.79. The van der Waals surface area contributed by atoms with Crippen LogP contribution in [-0.2, 0) is 17.7 Å². The van der Waals surface area contributed by atoms with Gasteiger partial charge in [0.2, 0.25) is 5.88 Å². The van der Waals surface area contributed by atoms with Crippen molar-refractivity contribution in [2.75, 3.05) is 20.3 Å². The molecule has 176 valence electrons. The van der Waals surface area contributed by atoms with Gasteiger partial charge in [0.15, 0.2) is 5.76 Å². The molecule has 4 aromatic rings. The van der Waals surface area contributed by atoms with Crippen molar-refractivity contribution < 1.29 is 23.1 Å². The van der Waals surface area contributed by atoms with Gasteiger partial charge in [0.1, 0.15) is 11.6 Å². The van der Waals surface area contributed by atoms with E-state index in [1.807, 2.05) is 37.3 Å². The summed E-state index contributed by atoms with van der Waals surface area (Å²) < 4.78 is 32.0. The summed E-state index contributed by atoms with van der Waals surface area (Å²) in [5.74, 6) is 0.551. The van der Waals surface area contributed by atoms with Gasteiger partial charge < -0.3 is 18.8 Å². The van der Waals surface area contributed by atoms with Crippen molar-refractivity contribution >= 4 is 5.91 Å². The number of rotatable bonds is 10. The number of aromatic nitrogens is 2. The van der Waals surface area contributed by atoms with Gasteiger partial charge in [-0.25, -0.2) is 9.07 Å². The number of carbonyl (C=O) groups is 1. The van der Waals surface area contributed by atoms with Crippen LogP contribution in [0.3, 0.4) is 0 Å². The van der Waals surface area contributed by atoms with E-state index in [0.717, 1.165) is 16.9 Å². The average molecular weight is 464 g/mol. The number of hydrogen-bond acceptors (Lipinski definition) is 5. The Labute approximate surface area is 197 Å². The van der Waals surface area contributed by atoms with Gasteiger partial charge in [-0.15, -0.1) is 0 Å². The van der Waals surface area contributed by atoms with E-state index >= 15 is 0 Å². The Bertz CT molecular complexity index is 1210. The first-order chi connectivity index (χ1) is 16.6. The van der Waals surface area contributed by atoms with Gasteiger partial charge in [-0.05, 0) is 55.0 Å². The quantitative estimate of drug-likeness (QED) is 0.321. The summed E-state index contributed by atoms with van der Waals surface area (Å²) in [4.78, 5) is 14.8. The lowest BCUT2D eigenvalue weighted by molar-refractivity contribution is 0.0648. The second-order valence-corrected chi connectivity index (χ2v) is 7.58. The molecular weight excluding hydrogens is 437 g/mol. The molecule has 0 aliphatic rings. The van der Waals surface area contributed by atoms with E-state index < -0.39 is 0 Å². The van der Waals surface area contributed by atoms with Gasteiger partial charge in [-0.2, -0.15) is 5.10 Å². The molecular formula is C26H26FN3O4. The molecule has 4 rings (SSSR count). The minimum absolute atomic E-state index is 0.232. The fourth-order valence-corrected chi connectivity index (χ4v) is 3.58. The van der Waals surface area contributed by atoms with Crippen molar-refractivity contribution in [1.29, 1.82) is 0 Å². The Hall–Kier alpha value is -3.91. The van der Waals surface area contributed by atoms with E-state index in [1.165, 1.54) is 18.4 Å². The number of amides is 1. The van der Waals surface area contributed by atoms with E-state index in [-0.39, 0.29) is 24.0 Å². The smallest absolute Gasteiger partial charge is 0.289 e. The van der Waals surface area contributed by atoms with Gasteiger partial charge in [0.05, 0.1) is 36.4 Å². The largest absolute Gasteiger partial charge is 0.459 e. The highest BCUT2D eigenvalue weighted by Crippen LogP contribution is 2.32. The number of benzene rings is 2. The standard InChI is InChI=1S/C26H26FN3O4/c1-3-23-22(18-29(15-17-32-2)25(31)24-10-7-16-33-24)26(34-21-13-11-19(27)12-14-21)30(28-23)20-8-5-4-6-9-20/h4-14,16H,3,15,17-18H2,1-2H3. The SMILES string of the molecule is CCc1nn(-c2ccccc2)c(Oc2ccc(F)cc2)c1CN(CCOC)C(=O)c1ccco1. The van der Waals surface area contributed by atoms with Crippen LogP contribution in [0.15, 0.2) is 77.4 Å². The van der Waals surface area contributed by atoms with Crippen LogP contribution in [0, 0.1) is 5.82 Å². The first-order valence-corrected chi connectivity index (χ1v) is 11.0. The molecule has 34 heavy (non-hydrogen) atoms. The fraction of sp³-hybridized carbons (Fsp3) is 0.231. The molecule has 0 aliphatic carbocycles. The zero-order chi connectivity index (χ0) is 23.9. The molecule has 0 aliphatic heterocycles. The molecule has 0 saturated heterocycles. The average Bonchev–Trinajstić information content (AvgIpc) is 3.52. The number of para-hydroxylation sites is 1. The number of aryl methyl sites for hydroxylation is 1. The van der Waals surface area contributed by atoms with Crippen molar-refractivity contribution in [3.8, 4) is 17.3 Å². The first-order valence-electron chi connectivity index (χ1n) is 11.0. The molecule has 2 heterocycles. The van der Waals surface area contributed by atoms with Gasteiger partial charge >= 0.3 is 0 Å². The third-order valence-electron chi connectivity index (χ3n) is 5.32. The summed E-state index contributed by atoms with van der Waals surface area (Å²) in [5.41, 5.74) is 2.35. The molecule has 0 saturated carbocycles. The Morgan fingerprint density at radius 2 is 1.85 bits per heavy atom. The number of nitrogens with zero attached hydrogens (tertiary/aromatic N) is 3. The maximum Gasteiger partial charge on any atom is 0.289 e. The predicted molar refractivity (Wildman–Crippen MR) is 125 cm³/mol. The molecule has 0 radical (unpaired) electrons. The lowest BCUT2D eigenvalue weighted by Crippen LogP contribution is -2.33. The molecule has 2 aromatic heterocycles. The Morgan fingerprint density at radius 3 is 2.50 bits per heavy atom. The van der Waals surface area contributed by atoms with Gasteiger partial charge in [-0.3, -0.25) is 4.79 Å². The van der Waals surface area contributed by atoms with Crippen molar-refractivity contribution in [1.82, 2.24) is 14.7 Å². The van der Waals surface area contributed by atoms with Crippen LogP contribution in [-0.4, -0.2) is 40.8 Å². The fourth-order valence-electron chi connectivity index (χ4n) is 3.58. The molecule has 1 amide bonds. The van der Waals surface area contributed by atoms with Crippen LogP contribution in [0.2, 0.25) is 0 Å². The van der Waals surface area contributed by atoms with Gasteiger partial charge in [-0.1, -0.05) is 25.1 Å². The summed E-state index contributed by atoms with van der Waals surface area (Å²) >= 11 is 0. The van der Waals surface area contributed by atoms with E-state index in [4.69, 9.17) is 19.0 Å². The topological polar surface area (TPSA) is 69.7 Å². The molecule has 8 heteroatoms. The van der Waals surface area contributed by atoms with Crippen molar-refractivity contribution in [3.63, 3.8) is 0 Å². The van der Waals surface area contributed by atoms with Gasteiger partial charge in [0.25, 0.3) is 5.91 Å². The van der Waals surface area contributed by atoms with Gasteiger partial charge in [0, 0.05) is 13.7 Å². The number of ether oxygens (including phenoxy) is 2. The third-order valence-corrected chi connectivity index (χ3v) is 5.32. The second kappa shape index (κ2) is 10.8. The molecule has 0 fully saturated rings. The Kier molecular flexibility index (Phi) is 7.39. The molecule has 0 unspecified atom stereocenters. The molecule has 2 aromatic carbocycles. The lowest BCUT2D eigenvalue weighted by Gasteiger charge is -2.22. The van der Waals surface area contributed by atoms with Crippen LogP contribution in [0.25, 0.3) is 5.69 Å². The normalized spacial score (nSPS) is 10.9. The molecule has 0 bridgehead atoms. The van der Waals surface area contributed by atoms with Crippen LogP contribution < -0.4 is 4.74 Å². The molecule has 0 spiro atoms. The second-order valence-electron chi connectivity index (χ2n) is 7.58. The van der Waals surface area contributed by atoms with Crippen LogP contribution >= 0.6 is 0 Å². The summed E-state index contributed by atoms with van der Waals surface area (Å²) in [6.07, 6.45) is 2.09. The third kappa shape index (κ3) is 5.18. The zero-order valence-corrected chi connectivity index (χ0v) is 19.1. The van der Waals surface area contributed by atoms with E-state index in [1.54, 1.807) is 41.0 Å². The highest BCUT2D eigenvalue weighted by molar-refractivity contribution is 5.91. The maximum absolute atomic E-state index is 13.5. The number of hydrogen-bond donors (Lipinski definition) is 0. The Balaban J connectivity index is 1.78. The lowest BCUT2D eigenvalue weighted by atomic mass is 10.1. The minimum Gasteiger partial charge on any atom is -0.459 e. The Morgan fingerprint density at radius 1 is 1.09 bits per heavy atom. The summed E-state index contributed by atoms with van der Waals surface area (Å²) in [6, 6.07) is 18.7. The minimum atomic E-state index is -0.354. The van der Waals surface area contributed by atoms with E-state index in [2.05, 4.69) is 0 Å². The summed E-state index contributed by atoms with van der Waals surface area (Å²) in [6.45, 7) is 2.94. The van der Waals surface area contributed by atoms with Crippen LogP contribution in [0.5, 0.6) is 11.6 Å². The van der Waals surface area contributed by atoms with Crippen LogP contribution in [0.4, 0.5) is 4.39 Å². The highest BCUT2D eigenvalue weighted by Gasteiger charge is 2.26. The number of halogens is 1.